The van der Waals surface area contributed by atoms with Gasteiger partial charge in [0.1, 0.15) is 22.7 Å². The summed E-state index contributed by atoms with van der Waals surface area (Å²) in [6.45, 7) is -0.0919. The Morgan fingerprint density at radius 2 is 1.73 bits per heavy atom. The molecule has 4 rings (SSSR count). The number of hydrogen-bond donors (Lipinski definition) is 1. The molecule has 0 radical (unpaired) electrons. The van der Waals surface area contributed by atoms with Gasteiger partial charge in [-0.1, -0.05) is 24.3 Å². The van der Waals surface area contributed by atoms with Gasteiger partial charge in [0.25, 0.3) is 5.91 Å². The second kappa shape index (κ2) is 6.80. The van der Waals surface area contributed by atoms with Crippen molar-refractivity contribution in [2.75, 3.05) is 19.0 Å². The van der Waals surface area contributed by atoms with Crippen LogP contribution < -0.4 is 14.8 Å². The first kappa shape index (κ1) is 16.0. The first-order chi connectivity index (χ1) is 12.7. The van der Waals surface area contributed by atoms with E-state index in [0.717, 1.165) is 21.9 Å². The molecule has 26 heavy (non-hydrogen) atoms. The van der Waals surface area contributed by atoms with Crippen LogP contribution in [0.15, 0.2) is 71.1 Å². The Morgan fingerprint density at radius 1 is 0.923 bits per heavy atom. The molecule has 0 aliphatic rings. The highest BCUT2D eigenvalue weighted by molar-refractivity contribution is 6.06. The Balaban J connectivity index is 1.46. The number of amides is 1. The molecule has 0 saturated carbocycles. The van der Waals surface area contributed by atoms with Crippen LogP contribution in [0.3, 0.4) is 0 Å². The van der Waals surface area contributed by atoms with E-state index in [2.05, 4.69) is 5.32 Å². The first-order valence-corrected chi connectivity index (χ1v) is 8.21. The maximum Gasteiger partial charge on any atom is 0.262 e. The minimum absolute atomic E-state index is 0.0919. The normalized spacial score (nSPS) is 10.8. The van der Waals surface area contributed by atoms with Crippen molar-refractivity contribution in [1.82, 2.24) is 0 Å². The number of fused-ring (bicyclic) bond motifs is 3. The Morgan fingerprint density at radius 3 is 2.62 bits per heavy atom. The van der Waals surface area contributed by atoms with Crippen LogP contribution in [-0.4, -0.2) is 19.6 Å². The summed E-state index contributed by atoms with van der Waals surface area (Å²) in [5.74, 6) is 1.01. The van der Waals surface area contributed by atoms with Crippen LogP contribution in [0.2, 0.25) is 0 Å². The van der Waals surface area contributed by atoms with E-state index in [1.807, 2.05) is 54.6 Å². The van der Waals surface area contributed by atoms with Crippen LogP contribution >= 0.6 is 0 Å². The third-order valence-corrected chi connectivity index (χ3v) is 4.07. The molecule has 5 nitrogen and oxygen atoms in total. The average Bonchev–Trinajstić information content (AvgIpc) is 3.04. The van der Waals surface area contributed by atoms with Crippen LogP contribution in [0.5, 0.6) is 11.5 Å². The average molecular weight is 347 g/mol. The van der Waals surface area contributed by atoms with Crippen molar-refractivity contribution in [2.45, 2.75) is 0 Å². The minimum Gasteiger partial charge on any atom is -0.497 e. The Kier molecular flexibility index (Phi) is 4.19. The molecule has 1 amide bonds. The number of carbonyl (C=O) groups is 1. The van der Waals surface area contributed by atoms with Gasteiger partial charge in [-0.3, -0.25) is 4.79 Å². The number of methoxy groups -OCH3 is 1. The van der Waals surface area contributed by atoms with Crippen molar-refractivity contribution in [3.8, 4) is 11.5 Å². The molecular weight excluding hydrogens is 330 g/mol. The zero-order valence-electron chi connectivity index (χ0n) is 14.2. The maximum atomic E-state index is 12.2. The van der Waals surface area contributed by atoms with E-state index < -0.39 is 0 Å². The van der Waals surface area contributed by atoms with E-state index >= 15 is 0 Å². The van der Waals surface area contributed by atoms with Gasteiger partial charge in [0.15, 0.2) is 6.61 Å². The largest absolute Gasteiger partial charge is 0.497 e. The van der Waals surface area contributed by atoms with E-state index in [-0.39, 0.29) is 12.5 Å². The predicted octanol–water partition coefficient (Wildman–Crippen LogP) is 4.61. The summed E-state index contributed by atoms with van der Waals surface area (Å²) in [6, 6.07) is 20.6. The number of benzene rings is 3. The maximum absolute atomic E-state index is 12.2. The van der Waals surface area contributed by atoms with Gasteiger partial charge >= 0.3 is 0 Å². The molecule has 5 heteroatoms. The van der Waals surface area contributed by atoms with Crippen LogP contribution in [0.1, 0.15) is 0 Å². The molecule has 130 valence electrons. The van der Waals surface area contributed by atoms with Crippen molar-refractivity contribution in [3.63, 3.8) is 0 Å². The van der Waals surface area contributed by atoms with Crippen molar-refractivity contribution in [3.05, 3.63) is 66.7 Å². The van der Waals surface area contributed by atoms with Crippen LogP contribution in [0.25, 0.3) is 21.9 Å². The molecule has 0 aliphatic heterocycles. The fourth-order valence-electron chi connectivity index (χ4n) is 2.84. The number of rotatable bonds is 5. The van der Waals surface area contributed by atoms with Gasteiger partial charge in [0, 0.05) is 28.6 Å². The SMILES string of the molecule is COc1cccc(OCC(=O)Nc2ccc3c(c2)oc2ccccc23)c1. The van der Waals surface area contributed by atoms with E-state index in [1.165, 1.54) is 0 Å². The van der Waals surface area contributed by atoms with E-state index in [0.29, 0.717) is 17.2 Å². The molecule has 0 saturated heterocycles. The summed E-state index contributed by atoms with van der Waals surface area (Å²) in [5.41, 5.74) is 2.22. The van der Waals surface area contributed by atoms with Crippen LogP contribution in [-0.2, 0) is 4.79 Å². The molecule has 1 heterocycles. The summed E-state index contributed by atoms with van der Waals surface area (Å²) in [7, 11) is 1.58. The van der Waals surface area contributed by atoms with E-state index in [4.69, 9.17) is 13.9 Å². The quantitative estimate of drug-likeness (QED) is 0.573. The summed E-state index contributed by atoms with van der Waals surface area (Å²) < 4.78 is 16.5. The fraction of sp³-hybridized carbons (Fsp3) is 0.0952. The third kappa shape index (κ3) is 3.19. The molecule has 4 aromatic rings. The Bertz CT molecular complexity index is 1080. The lowest BCUT2D eigenvalue weighted by atomic mass is 10.1. The first-order valence-electron chi connectivity index (χ1n) is 8.21. The molecule has 0 atom stereocenters. The fourth-order valence-corrected chi connectivity index (χ4v) is 2.84. The highest BCUT2D eigenvalue weighted by atomic mass is 16.5. The third-order valence-electron chi connectivity index (χ3n) is 4.07. The van der Waals surface area contributed by atoms with Gasteiger partial charge in [-0.15, -0.1) is 0 Å². The van der Waals surface area contributed by atoms with Crippen molar-refractivity contribution in [2.24, 2.45) is 0 Å². The van der Waals surface area contributed by atoms with E-state index in [1.54, 1.807) is 19.2 Å². The number of nitrogens with one attached hydrogen (secondary N) is 1. The predicted molar refractivity (Wildman–Crippen MR) is 101 cm³/mol. The molecule has 0 bridgehead atoms. The lowest BCUT2D eigenvalue weighted by Crippen LogP contribution is -2.20. The van der Waals surface area contributed by atoms with Gasteiger partial charge in [-0.25, -0.2) is 0 Å². The number of hydrogen-bond acceptors (Lipinski definition) is 4. The Labute approximate surface area is 150 Å². The lowest BCUT2D eigenvalue weighted by Gasteiger charge is -2.08. The number of anilines is 1. The van der Waals surface area contributed by atoms with Crippen LogP contribution in [0, 0.1) is 0 Å². The minimum atomic E-state index is -0.247. The second-order valence-corrected chi connectivity index (χ2v) is 5.82. The molecule has 3 aromatic carbocycles. The van der Waals surface area contributed by atoms with Crippen molar-refractivity contribution < 1.29 is 18.7 Å². The smallest absolute Gasteiger partial charge is 0.262 e. The topological polar surface area (TPSA) is 60.7 Å². The summed E-state index contributed by atoms with van der Waals surface area (Å²) in [5, 5.41) is 4.90. The number of furan rings is 1. The van der Waals surface area contributed by atoms with Gasteiger partial charge in [-0.05, 0) is 30.3 Å². The molecular formula is C21H17NO4. The van der Waals surface area contributed by atoms with Crippen molar-refractivity contribution in [1.29, 1.82) is 0 Å². The second-order valence-electron chi connectivity index (χ2n) is 5.82. The highest BCUT2D eigenvalue weighted by Gasteiger charge is 2.09. The highest BCUT2D eigenvalue weighted by Crippen LogP contribution is 2.30. The summed E-state index contributed by atoms with van der Waals surface area (Å²) >= 11 is 0. The molecule has 0 spiro atoms. The molecule has 1 N–H and O–H groups in total. The monoisotopic (exact) mass is 347 g/mol. The number of para-hydroxylation sites is 1. The lowest BCUT2D eigenvalue weighted by molar-refractivity contribution is -0.118. The number of carbonyl (C=O) groups excluding carboxylic acids is 1. The summed E-state index contributed by atoms with van der Waals surface area (Å²) in [6.07, 6.45) is 0. The molecule has 0 fully saturated rings. The summed E-state index contributed by atoms with van der Waals surface area (Å²) in [4.78, 5) is 12.2. The van der Waals surface area contributed by atoms with Gasteiger partial charge < -0.3 is 19.2 Å². The number of ether oxygens (including phenoxy) is 2. The molecule has 0 unspecified atom stereocenters. The zero-order chi connectivity index (χ0) is 17.9. The van der Waals surface area contributed by atoms with Crippen LogP contribution in [0.4, 0.5) is 5.69 Å². The van der Waals surface area contributed by atoms with Crippen molar-refractivity contribution >= 4 is 33.5 Å². The van der Waals surface area contributed by atoms with Gasteiger partial charge in [0.2, 0.25) is 0 Å². The molecule has 1 aromatic heterocycles. The zero-order valence-corrected chi connectivity index (χ0v) is 14.2. The molecule has 0 aliphatic carbocycles. The van der Waals surface area contributed by atoms with Gasteiger partial charge in [0.05, 0.1) is 7.11 Å². The van der Waals surface area contributed by atoms with E-state index in [9.17, 15) is 4.79 Å². The Hall–Kier alpha value is -3.47. The standard InChI is InChI=1S/C21H17NO4/c1-24-15-5-4-6-16(12-15)25-13-21(23)22-14-9-10-18-17-7-2-3-8-19(17)26-20(18)11-14/h2-12H,13H2,1H3,(H,22,23). The van der Waals surface area contributed by atoms with Gasteiger partial charge in [-0.2, -0.15) is 0 Å².